The van der Waals surface area contributed by atoms with Crippen LogP contribution in [0.2, 0.25) is 0 Å². The molecule has 1 aromatic heterocycles. The molecule has 1 aromatic rings. The second-order valence-electron chi connectivity index (χ2n) is 5.90. The Kier molecular flexibility index (Phi) is 4.03. The monoisotopic (exact) mass is 309 g/mol. The van der Waals surface area contributed by atoms with Crippen LogP contribution in [0.4, 0.5) is 0 Å². The number of fused-ring (bicyclic) bond motifs is 3. The first kappa shape index (κ1) is 14.6. The summed E-state index contributed by atoms with van der Waals surface area (Å²) >= 11 is 1.73. The zero-order chi connectivity index (χ0) is 15.0. The smallest absolute Gasteiger partial charge is 0.257 e. The van der Waals surface area contributed by atoms with Crippen molar-refractivity contribution >= 4 is 17.7 Å². The number of nitrogens with one attached hydrogen (secondary N) is 1. The summed E-state index contributed by atoms with van der Waals surface area (Å²) in [4.78, 5) is 29.0. The van der Waals surface area contributed by atoms with Gasteiger partial charge in [0.05, 0.1) is 37.3 Å². The lowest BCUT2D eigenvalue weighted by molar-refractivity contribution is -0.884. The number of piperidine rings is 1. The molecular weight excluding hydrogens is 290 g/mol. The third kappa shape index (κ3) is 2.85. The number of carboxylic acids is 1. The van der Waals surface area contributed by atoms with Crippen molar-refractivity contribution in [1.82, 2.24) is 9.55 Å². The van der Waals surface area contributed by atoms with E-state index in [9.17, 15) is 14.7 Å². The minimum absolute atomic E-state index is 0.0119. The molecule has 0 aliphatic carbocycles. The second-order valence-corrected chi connectivity index (χ2v) is 7.13. The highest BCUT2D eigenvalue weighted by molar-refractivity contribution is 8.00. The fourth-order valence-corrected chi connectivity index (χ4v) is 4.79. The van der Waals surface area contributed by atoms with Crippen LogP contribution in [0.15, 0.2) is 16.1 Å². The number of carboxylic acid groups (broad SMARTS) is 1. The Labute approximate surface area is 127 Å². The summed E-state index contributed by atoms with van der Waals surface area (Å²) in [5, 5.41) is 11.8. The highest BCUT2D eigenvalue weighted by atomic mass is 32.2. The van der Waals surface area contributed by atoms with E-state index in [2.05, 4.69) is 12.0 Å². The molecule has 3 heterocycles. The Morgan fingerprint density at radius 3 is 3.19 bits per heavy atom. The first-order valence-electron chi connectivity index (χ1n) is 7.33. The first-order chi connectivity index (χ1) is 10.1. The second kappa shape index (κ2) is 5.81. The standard InChI is InChI=1S/C14H19N3O3S/c1-16-6-4-9-10(7-16)21-13-12(9)14(20)17(8-15-13)5-2-3-11(18)19/h8-10H,2-7H2,1H3,(H,18,19)/t9-,10+/m0/s1. The Balaban J connectivity index is 1.81. The van der Waals surface area contributed by atoms with Crippen LogP contribution in [0.1, 0.15) is 30.7 Å². The maximum Gasteiger partial charge on any atom is 0.257 e. The van der Waals surface area contributed by atoms with Crippen molar-refractivity contribution in [1.29, 1.82) is 0 Å². The SMILES string of the molecule is C[NH+]1CC[C@@H]2c3c(ncn(CCCC(=O)[O-])c3=O)S[C@@H]2C1. The Morgan fingerprint density at radius 1 is 1.62 bits per heavy atom. The van der Waals surface area contributed by atoms with Gasteiger partial charge in [-0.05, 0) is 12.8 Å². The minimum atomic E-state index is -1.08. The van der Waals surface area contributed by atoms with Gasteiger partial charge in [-0.1, -0.05) is 11.8 Å². The largest absolute Gasteiger partial charge is 0.550 e. The van der Waals surface area contributed by atoms with Crippen molar-refractivity contribution in [3.63, 3.8) is 0 Å². The van der Waals surface area contributed by atoms with Crippen molar-refractivity contribution < 1.29 is 14.8 Å². The first-order valence-corrected chi connectivity index (χ1v) is 8.21. The van der Waals surface area contributed by atoms with Gasteiger partial charge in [-0.3, -0.25) is 9.36 Å². The van der Waals surface area contributed by atoms with E-state index in [1.165, 1.54) is 4.90 Å². The van der Waals surface area contributed by atoms with Gasteiger partial charge in [0, 0.05) is 24.9 Å². The van der Waals surface area contributed by atoms with Gasteiger partial charge in [0.1, 0.15) is 5.03 Å². The fourth-order valence-electron chi connectivity index (χ4n) is 3.23. The van der Waals surface area contributed by atoms with E-state index < -0.39 is 5.97 Å². The Hall–Kier alpha value is -1.34. The number of aromatic nitrogens is 2. The van der Waals surface area contributed by atoms with Gasteiger partial charge in [-0.2, -0.15) is 0 Å². The van der Waals surface area contributed by atoms with Gasteiger partial charge in [0.2, 0.25) is 0 Å². The van der Waals surface area contributed by atoms with Crippen LogP contribution < -0.4 is 15.6 Å². The van der Waals surface area contributed by atoms with E-state index in [4.69, 9.17) is 0 Å². The minimum Gasteiger partial charge on any atom is -0.550 e. The predicted molar refractivity (Wildman–Crippen MR) is 76.4 cm³/mol. The molecule has 0 radical (unpaired) electrons. The number of hydrogen-bond acceptors (Lipinski definition) is 5. The molecule has 114 valence electrons. The zero-order valence-corrected chi connectivity index (χ0v) is 12.8. The number of carbonyl (C=O) groups is 1. The molecule has 1 saturated heterocycles. The van der Waals surface area contributed by atoms with Gasteiger partial charge in [-0.15, -0.1) is 0 Å². The number of nitrogens with zero attached hydrogens (tertiary/aromatic N) is 2. The van der Waals surface area contributed by atoms with Crippen LogP contribution in [0.5, 0.6) is 0 Å². The van der Waals surface area contributed by atoms with E-state index in [0.29, 0.717) is 24.1 Å². The molecule has 7 heteroatoms. The van der Waals surface area contributed by atoms with Crippen LogP contribution in [0.25, 0.3) is 0 Å². The lowest BCUT2D eigenvalue weighted by atomic mass is 9.91. The third-order valence-corrected chi connectivity index (χ3v) is 5.68. The van der Waals surface area contributed by atoms with E-state index in [1.54, 1.807) is 22.7 Å². The van der Waals surface area contributed by atoms with Gasteiger partial charge in [0.25, 0.3) is 5.56 Å². The summed E-state index contributed by atoms with van der Waals surface area (Å²) in [6, 6.07) is 0. The van der Waals surface area contributed by atoms with Gasteiger partial charge < -0.3 is 14.8 Å². The van der Waals surface area contributed by atoms with Gasteiger partial charge in [0.15, 0.2) is 0 Å². The fraction of sp³-hybridized carbons (Fsp3) is 0.643. The van der Waals surface area contributed by atoms with Crippen LogP contribution in [-0.2, 0) is 11.3 Å². The van der Waals surface area contributed by atoms with Crippen LogP contribution in [0.3, 0.4) is 0 Å². The molecule has 21 heavy (non-hydrogen) atoms. The molecule has 6 nitrogen and oxygen atoms in total. The topological polar surface area (TPSA) is 79.5 Å². The quantitative estimate of drug-likeness (QED) is 0.667. The highest BCUT2D eigenvalue weighted by Gasteiger charge is 2.41. The Bertz CT molecular complexity index is 616. The van der Waals surface area contributed by atoms with Gasteiger partial charge in [-0.25, -0.2) is 4.98 Å². The van der Waals surface area contributed by atoms with Crippen LogP contribution >= 0.6 is 11.8 Å². The Morgan fingerprint density at radius 2 is 2.43 bits per heavy atom. The number of carbonyl (C=O) groups excluding carboxylic acids is 1. The molecule has 0 aromatic carbocycles. The van der Waals surface area contributed by atoms with Crippen LogP contribution in [-0.4, -0.2) is 40.9 Å². The number of hydrogen-bond donors (Lipinski definition) is 1. The van der Waals surface area contributed by atoms with Crippen molar-refractivity contribution in [3.05, 3.63) is 22.2 Å². The molecule has 3 atom stereocenters. The normalized spacial score (nSPS) is 27.2. The number of thioether (sulfide) groups is 1. The number of likely N-dealkylation sites (tertiary alicyclic amines) is 1. The number of aryl methyl sites for hydroxylation is 1. The van der Waals surface area contributed by atoms with Crippen LogP contribution in [0, 0.1) is 0 Å². The van der Waals surface area contributed by atoms with Crippen molar-refractivity contribution in [3.8, 4) is 0 Å². The van der Waals surface area contributed by atoms with E-state index in [0.717, 1.165) is 30.1 Å². The summed E-state index contributed by atoms with van der Waals surface area (Å²) < 4.78 is 1.55. The third-order valence-electron chi connectivity index (χ3n) is 4.33. The highest BCUT2D eigenvalue weighted by Crippen LogP contribution is 2.44. The average molecular weight is 309 g/mol. The molecule has 3 rings (SSSR count). The van der Waals surface area contributed by atoms with Crippen molar-refractivity contribution in [2.45, 2.75) is 42.0 Å². The molecule has 1 fully saturated rings. The molecular formula is C14H19N3O3S. The summed E-state index contributed by atoms with van der Waals surface area (Å²) in [6.45, 7) is 2.54. The predicted octanol–water partition coefficient (Wildman–Crippen LogP) is -1.75. The summed E-state index contributed by atoms with van der Waals surface area (Å²) in [6.07, 6.45) is 2.95. The summed E-state index contributed by atoms with van der Waals surface area (Å²) in [5.41, 5.74) is 0.867. The molecule has 0 bridgehead atoms. The molecule has 0 spiro atoms. The molecule has 1 unspecified atom stereocenters. The van der Waals surface area contributed by atoms with Gasteiger partial charge >= 0.3 is 0 Å². The maximum atomic E-state index is 12.6. The van der Waals surface area contributed by atoms with E-state index >= 15 is 0 Å². The number of quaternary nitrogens is 1. The lowest BCUT2D eigenvalue weighted by Gasteiger charge is -2.28. The summed E-state index contributed by atoms with van der Waals surface area (Å²) in [7, 11) is 2.19. The maximum absolute atomic E-state index is 12.6. The van der Waals surface area contributed by atoms with E-state index in [-0.39, 0.29) is 12.0 Å². The number of aliphatic carboxylic acids is 1. The van der Waals surface area contributed by atoms with E-state index in [1.807, 2.05) is 0 Å². The lowest BCUT2D eigenvalue weighted by Crippen LogP contribution is -3.11. The van der Waals surface area contributed by atoms with Crippen molar-refractivity contribution in [2.24, 2.45) is 0 Å². The molecule has 0 saturated carbocycles. The average Bonchev–Trinajstić information content (AvgIpc) is 2.79. The van der Waals surface area contributed by atoms with Crippen molar-refractivity contribution in [2.75, 3.05) is 20.1 Å². The molecule has 0 amide bonds. The number of rotatable bonds is 4. The molecule has 1 N–H and O–H groups in total. The molecule has 2 aliphatic heterocycles. The molecule has 2 aliphatic rings. The summed E-state index contributed by atoms with van der Waals surface area (Å²) in [5.74, 6) is -0.770. The zero-order valence-electron chi connectivity index (χ0n) is 12.0.